The molecular weight excluding hydrogens is 382 g/mol. The zero-order chi connectivity index (χ0) is 22.0. The molecule has 0 bridgehead atoms. The van der Waals surface area contributed by atoms with Crippen LogP contribution in [0.25, 0.3) is 0 Å². The SMILES string of the molecule is CC(C)COc1ccc(N2C(=O)C(O)=C(C(=O)C(C)C)C2c2cccc(O)c2)cc1. The first kappa shape index (κ1) is 21.4. The molecule has 1 unspecified atom stereocenters. The number of Topliss-reactive ketones (excluding diaryl/α,β-unsaturated/α-hetero) is 1. The molecule has 0 saturated carbocycles. The molecule has 1 amide bonds. The molecule has 2 aromatic rings. The number of amides is 1. The van der Waals surface area contributed by atoms with Crippen molar-refractivity contribution in [1.82, 2.24) is 0 Å². The zero-order valence-electron chi connectivity index (χ0n) is 17.6. The number of hydrogen-bond donors (Lipinski definition) is 2. The number of nitrogens with zero attached hydrogens (tertiary/aromatic N) is 1. The third-order valence-electron chi connectivity index (χ3n) is 4.88. The number of carbonyl (C=O) groups is 2. The van der Waals surface area contributed by atoms with Crippen LogP contribution in [0.15, 0.2) is 59.9 Å². The number of ketones is 1. The van der Waals surface area contributed by atoms with Gasteiger partial charge in [-0.15, -0.1) is 0 Å². The van der Waals surface area contributed by atoms with E-state index in [0.717, 1.165) is 0 Å². The molecule has 0 aromatic heterocycles. The van der Waals surface area contributed by atoms with Gasteiger partial charge in [0.2, 0.25) is 0 Å². The number of carbonyl (C=O) groups excluding carboxylic acids is 2. The lowest BCUT2D eigenvalue weighted by Crippen LogP contribution is -2.31. The van der Waals surface area contributed by atoms with E-state index < -0.39 is 23.6 Å². The van der Waals surface area contributed by atoms with E-state index in [2.05, 4.69) is 13.8 Å². The summed E-state index contributed by atoms with van der Waals surface area (Å²) in [5.41, 5.74) is 1.10. The molecular formula is C24H27NO5. The molecule has 6 nitrogen and oxygen atoms in total. The van der Waals surface area contributed by atoms with Crippen LogP contribution in [0, 0.1) is 11.8 Å². The quantitative estimate of drug-likeness (QED) is 0.700. The van der Waals surface area contributed by atoms with Gasteiger partial charge in [-0.2, -0.15) is 0 Å². The van der Waals surface area contributed by atoms with Crippen LogP contribution in [-0.2, 0) is 9.59 Å². The number of phenolic OH excluding ortho intramolecular Hbond substituents is 1. The van der Waals surface area contributed by atoms with Crippen molar-refractivity contribution in [1.29, 1.82) is 0 Å². The lowest BCUT2D eigenvalue weighted by molar-refractivity contribution is -0.119. The fraction of sp³-hybridized carbons (Fsp3) is 0.333. The maximum atomic E-state index is 13.0. The molecule has 0 radical (unpaired) electrons. The van der Waals surface area contributed by atoms with Crippen LogP contribution < -0.4 is 9.64 Å². The van der Waals surface area contributed by atoms with Gasteiger partial charge >= 0.3 is 0 Å². The predicted octanol–water partition coefficient (Wildman–Crippen LogP) is 4.55. The predicted molar refractivity (Wildman–Crippen MR) is 115 cm³/mol. The smallest absolute Gasteiger partial charge is 0.294 e. The topological polar surface area (TPSA) is 87.1 Å². The Bertz CT molecular complexity index is 975. The Hall–Kier alpha value is -3.28. The van der Waals surface area contributed by atoms with Gasteiger partial charge in [-0.1, -0.05) is 39.8 Å². The zero-order valence-corrected chi connectivity index (χ0v) is 17.6. The van der Waals surface area contributed by atoms with E-state index in [0.29, 0.717) is 29.5 Å². The molecule has 1 atom stereocenters. The molecule has 0 spiro atoms. The van der Waals surface area contributed by atoms with Crippen LogP contribution in [-0.4, -0.2) is 28.5 Å². The lowest BCUT2D eigenvalue weighted by Gasteiger charge is -2.27. The highest BCUT2D eigenvalue weighted by molar-refractivity contribution is 6.16. The highest BCUT2D eigenvalue weighted by atomic mass is 16.5. The van der Waals surface area contributed by atoms with Gasteiger partial charge in [0.05, 0.1) is 18.2 Å². The molecule has 1 heterocycles. The number of hydrogen-bond acceptors (Lipinski definition) is 5. The third-order valence-corrected chi connectivity index (χ3v) is 4.88. The second-order valence-corrected chi connectivity index (χ2v) is 8.15. The number of anilines is 1. The standard InChI is InChI=1S/C24H27NO5/c1-14(2)13-30-19-10-8-17(9-11-19)25-21(16-6-5-7-18(26)12-16)20(22(27)15(3)4)23(28)24(25)29/h5-12,14-15,21,26,28H,13H2,1-4H3. The molecule has 1 aliphatic heterocycles. The first-order valence-corrected chi connectivity index (χ1v) is 10.0. The molecule has 0 aliphatic carbocycles. The molecule has 0 fully saturated rings. The van der Waals surface area contributed by atoms with Crippen molar-refractivity contribution < 1.29 is 24.5 Å². The summed E-state index contributed by atoms with van der Waals surface area (Å²) < 4.78 is 5.70. The van der Waals surface area contributed by atoms with Crippen molar-refractivity contribution in [3.05, 3.63) is 65.4 Å². The van der Waals surface area contributed by atoms with Crippen LogP contribution in [0.1, 0.15) is 39.3 Å². The largest absolute Gasteiger partial charge is 0.508 e. The van der Waals surface area contributed by atoms with Crippen LogP contribution in [0.2, 0.25) is 0 Å². The summed E-state index contributed by atoms with van der Waals surface area (Å²) in [6, 6.07) is 12.5. The number of aliphatic hydroxyl groups is 1. The number of phenols is 1. The van der Waals surface area contributed by atoms with Crippen molar-refractivity contribution in [3.63, 3.8) is 0 Å². The van der Waals surface area contributed by atoms with Crippen LogP contribution in [0.5, 0.6) is 11.5 Å². The fourth-order valence-electron chi connectivity index (χ4n) is 3.41. The van der Waals surface area contributed by atoms with E-state index in [1.165, 1.54) is 17.0 Å². The van der Waals surface area contributed by atoms with E-state index in [1.807, 2.05) is 0 Å². The highest BCUT2D eigenvalue weighted by Crippen LogP contribution is 2.42. The minimum atomic E-state index is -0.832. The van der Waals surface area contributed by atoms with Gasteiger partial charge in [0.1, 0.15) is 11.5 Å². The van der Waals surface area contributed by atoms with E-state index in [1.54, 1.807) is 50.2 Å². The van der Waals surface area contributed by atoms with Gasteiger partial charge in [-0.3, -0.25) is 14.5 Å². The summed E-state index contributed by atoms with van der Waals surface area (Å²) in [6.07, 6.45) is 0. The normalized spacial score (nSPS) is 16.7. The Kier molecular flexibility index (Phi) is 6.15. The summed E-state index contributed by atoms with van der Waals surface area (Å²) >= 11 is 0. The van der Waals surface area contributed by atoms with Gasteiger partial charge in [0, 0.05) is 11.6 Å². The first-order valence-electron chi connectivity index (χ1n) is 10.0. The number of benzene rings is 2. The van der Waals surface area contributed by atoms with Crippen LogP contribution in [0.3, 0.4) is 0 Å². The van der Waals surface area contributed by atoms with Gasteiger partial charge in [-0.25, -0.2) is 0 Å². The Morgan fingerprint density at radius 1 is 1.07 bits per heavy atom. The highest BCUT2D eigenvalue weighted by Gasteiger charge is 2.44. The van der Waals surface area contributed by atoms with Gasteiger partial charge in [-0.05, 0) is 47.9 Å². The minimum Gasteiger partial charge on any atom is -0.508 e. The molecule has 1 aliphatic rings. The van der Waals surface area contributed by atoms with Crippen molar-refractivity contribution in [2.45, 2.75) is 33.7 Å². The van der Waals surface area contributed by atoms with Crippen molar-refractivity contribution >= 4 is 17.4 Å². The molecule has 158 valence electrons. The molecule has 6 heteroatoms. The fourth-order valence-corrected chi connectivity index (χ4v) is 3.41. The molecule has 0 saturated heterocycles. The van der Waals surface area contributed by atoms with Crippen molar-refractivity contribution in [2.75, 3.05) is 11.5 Å². The summed E-state index contributed by atoms with van der Waals surface area (Å²) in [4.78, 5) is 27.2. The third kappa shape index (κ3) is 4.17. The second-order valence-electron chi connectivity index (χ2n) is 8.15. The van der Waals surface area contributed by atoms with Gasteiger partial charge in [0.25, 0.3) is 5.91 Å². The summed E-state index contributed by atoms with van der Waals surface area (Å²) in [6.45, 7) is 8.12. The summed E-state index contributed by atoms with van der Waals surface area (Å²) in [5.74, 6) is -0.852. The molecule has 3 rings (SSSR count). The number of aliphatic hydroxyl groups excluding tert-OH is 1. The monoisotopic (exact) mass is 409 g/mol. The summed E-state index contributed by atoms with van der Waals surface area (Å²) in [7, 11) is 0. The first-order chi connectivity index (χ1) is 14.2. The van der Waals surface area contributed by atoms with Crippen LogP contribution >= 0.6 is 0 Å². The van der Waals surface area contributed by atoms with E-state index >= 15 is 0 Å². The molecule has 2 aromatic carbocycles. The number of rotatable bonds is 7. The lowest BCUT2D eigenvalue weighted by atomic mass is 9.91. The maximum absolute atomic E-state index is 13.0. The van der Waals surface area contributed by atoms with E-state index in [9.17, 15) is 19.8 Å². The van der Waals surface area contributed by atoms with Gasteiger partial charge in [0.15, 0.2) is 11.5 Å². The van der Waals surface area contributed by atoms with Gasteiger partial charge < -0.3 is 14.9 Å². The van der Waals surface area contributed by atoms with E-state index in [4.69, 9.17) is 4.74 Å². The number of ether oxygens (including phenoxy) is 1. The second kappa shape index (κ2) is 8.61. The Morgan fingerprint density at radius 2 is 1.73 bits per heavy atom. The summed E-state index contributed by atoms with van der Waals surface area (Å²) in [5, 5.41) is 20.5. The number of aromatic hydroxyl groups is 1. The molecule has 2 N–H and O–H groups in total. The molecule has 30 heavy (non-hydrogen) atoms. The average molecular weight is 409 g/mol. The Morgan fingerprint density at radius 3 is 2.30 bits per heavy atom. The van der Waals surface area contributed by atoms with E-state index in [-0.39, 0.29) is 17.1 Å². The maximum Gasteiger partial charge on any atom is 0.294 e. The van der Waals surface area contributed by atoms with Crippen molar-refractivity contribution in [3.8, 4) is 11.5 Å². The van der Waals surface area contributed by atoms with Crippen molar-refractivity contribution in [2.24, 2.45) is 11.8 Å². The van der Waals surface area contributed by atoms with Crippen LogP contribution in [0.4, 0.5) is 5.69 Å². The Labute approximate surface area is 176 Å². The average Bonchev–Trinajstić information content (AvgIpc) is 2.97. The Balaban J connectivity index is 2.04. The minimum absolute atomic E-state index is 0.0140.